The number of aryl methyl sites for hydroxylation is 1. The van der Waals surface area contributed by atoms with Gasteiger partial charge < -0.3 is 10.3 Å². The summed E-state index contributed by atoms with van der Waals surface area (Å²) in [4.78, 5) is 15.2. The topological polar surface area (TPSA) is 49.8 Å². The van der Waals surface area contributed by atoms with E-state index in [1.54, 1.807) is 0 Å². The summed E-state index contributed by atoms with van der Waals surface area (Å²) >= 11 is 0. The molecule has 0 aliphatic carbocycles. The van der Waals surface area contributed by atoms with E-state index in [1.165, 1.54) is 5.56 Å². The van der Waals surface area contributed by atoms with E-state index in [2.05, 4.69) is 29.4 Å². The molecule has 0 radical (unpaired) electrons. The summed E-state index contributed by atoms with van der Waals surface area (Å²) in [6.07, 6.45) is 4.27. The Morgan fingerprint density at radius 2 is 2.11 bits per heavy atom. The van der Waals surface area contributed by atoms with Crippen LogP contribution in [0, 0.1) is 0 Å². The predicted molar refractivity (Wildman–Crippen MR) is 77.7 cm³/mol. The Labute approximate surface area is 112 Å². The van der Waals surface area contributed by atoms with Gasteiger partial charge in [-0.2, -0.15) is 0 Å². The van der Waals surface area contributed by atoms with Crippen molar-refractivity contribution in [3.63, 3.8) is 0 Å². The molecule has 1 aliphatic rings. The normalized spacial score (nSPS) is 17.1. The summed E-state index contributed by atoms with van der Waals surface area (Å²) in [5.41, 5.74) is 3.39. The number of piperidine rings is 1. The van der Waals surface area contributed by atoms with E-state index in [1.807, 2.05) is 10.6 Å². The van der Waals surface area contributed by atoms with Crippen LogP contribution < -0.4 is 11.0 Å². The van der Waals surface area contributed by atoms with Crippen LogP contribution in [0.4, 0.5) is 0 Å². The van der Waals surface area contributed by atoms with Crippen LogP contribution in [0.25, 0.3) is 11.0 Å². The van der Waals surface area contributed by atoms with Gasteiger partial charge in [0, 0.05) is 6.04 Å². The molecule has 2 heterocycles. The summed E-state index contributed by atoms with van der Waals surface area (Å²) in [5.74, 6) is 0. The first-order chi connectivity index (χ1) is 9.29. The minimum Gasteiger partial charge on any atom is -0.317 e. The lowest BCUT2D eigenvalue weighted by atomic mass is 10.1. The van der Waals surface area contributed by atoms with Crippen LogP contribution in [0.2, 0.25) is 0 Å². The van der Waals surface area contributed by atoms with Crippen LogP contribution in [-0.4, -0.2) is 22.6 Å². The van der Waals surface area contributed by atoms with Gasteiger partial charge in [-0.25, -0.2) is 4.79 Å². The second kappa shape index (κ2) is 5.21. The molecule has 2 aromatic rings. The van der Waals surface area contributed by atoms with E-state index in [-0.39, 0.29) is 5.69 Å². The molecule has 1 aromatic carbocycles. The molecule has 0 bridgehead atoms. The Kier molecular flexibility index (Phi) is 3.42. The van der Waals surface area contributed by atoms with Crippen molar-refractivity contribution in [2.24, 2.45) is 0 Å². The molecule has 1 fully saturated rings. The van der Waals surface area contributed by atoms with Crippen molar-refractivity contribution in [2.75, 3.05) is 13.1 Å². The fourth-order valence-corrected chi connectivity index (χ4v) is 3.04. The lowest BCUT2D eigenvalue weighted by molar-refractivity contribution is 0.368. The second-order valence-corrected chi connectivity index (χ2v) is 5.38. The molecular formula is C15H21N3O. The Hall–Kier alpha value is -1.55. The molecule has 4 nitrogen and oxygen atoms in total. The highest BCUT2D eigenvalue weighted by Crippen LogP contribution is 2.23. The van der Waals surface area contributed by atoms with Gasteiger partial charge in [-0.3, -0.25) is 4.57 Å². The third kappa shape index (κ3) is 2.32. The predicted octanol–water partition coefficient (Wildman–Crippen LogP) is 2.21. The molecule has 19 heavy (non-hydrogen) atoms. The van der Waals surface area contributed by atoms with Crippen LogP contribution in [0.3, 0.4) is 0 Å². The largest absolute Gasteiger partial charge is 0.326 e. The number of nitrogens with one attached hydrogen (secondary N) is 2. The first-order valence-electron chi connectivity index (χ1n) is 7.23. The van der Waals surface area contributed by atoms with Crippen molar-refractivity contribution in [1.82, 2.24) is 14.9 Å². The zero-order valence-corrected chi connectivity index (χ0v) is 11.4. The molecule has 0 spiro atoms. The summed E-state index contributed by atoms with van der Waals surface area (Å²) in [6, 6.07) is 6.67. The van der Waals surface area contributed by atoms with Crippen LogP contribution in [0.15, 0.2) is 23.0 Å². The van der Waals surface area contributed by atoms with Crippen molar-refractivity contribution in [3.8, 4) is 0 Å². The Morgan fingerprint density at radius 1 is 1.32 bits per heavy atom. The van der Waals surface area contributed by atoms with Crippen molar-refractivity contribution in [2.45, 2.75) is 38.6 Å². The van der Waals surface area contributed by atoms with Crippen molar-refractivity contribution in [3.05, 3.63) is 34.2 Å². The molecule has 1 saturated heterocycles. The number of aromatic amines is 1. The fraction of sp³-hybridized carbons (Fsp3) is 0.533. The van der Waals surface area contributed by atoms with Gasteiger partial charge in [0.25, 0.3) is 0 Å². The number of aromatic nitrogens is 2. The molecule has 1 aliphatic heterocycles. The first-order valence-corrected chi connectivity index (χ1v) is 7.23. The average molecular weight is 259 g/mol. The summed E-state index contributed by atoms with van der Waals surface area (Å²) in [7, 11) is 0. The third-order valence-corrected chi connectivity index (χ3v) is 3.99. The number of H-pyrrole nitrogens is 1. The molecule has 2 N–H and O–H groups in total. The third-order valence-electron chi connectivity index (χ3n) is 3.99. The quantitative estimate of drug-likeness (QED) is 0.888. The van der Waals surface area contributed by atoms with Crippen LogP contribution >= 0.6 is 0 Å². The first kappa shape index (κ1) is 12.5. The molecule has 0 unspecified atom stereocenters. The smallest absolute Gasteiger partial charge is 0.317 e. The van der Waals surface area contributed by atoms with Gasteiger partial charge in [-0.05, 0) is 50.0 Å². The lowest BCUT2D eigenvalue weighted by Crippen LogP contribution is -2.33. The average Bonchev–Trinajstić information content (AvgIpc) is 2.75. The minimum atomic E-state index is 0.0375. The van der Waals surface area contributed by atoms with E-state index in [0.29, 0.717) is 6.04 Å². The molecule has 3 rings (SSSR count). The number of benzene rings is 1. The summed E-state index contributed by atoms with van der Waals surface area (Å²) in [6.45, 7) is 4.18. The highest BCUT2D eigenvalue weighted by Gasteiger charge is 2.19. The molecule has 0 atom stereocenters. The summed E-state index contributed by atoms with van der Waals surface area (Å²) < 4.78 is 1.97. The van der Waals surface area contributed by atoms with Gasteiger partial charge in [0.15, 0.2) is 0 Å². The summed E-state index contributed by atoms with van der Waals surface area (Å²) in [5, 5.41) is 3.35. The SMILES string of the molecule is CCCc1ccc2[nH]c(=O)n(C3CCNCC3)c2c1. The van der Waals surface area contributed by atoms with E-state index in [4.69, 9.17) is 0 Å². The van der Waals surface area contributed by atoms with Gasteiger partial charge in [-0.1, -0.05) is 19.4 Å². The second-order valence-electron chi connectivity index (χ2n) is 5.38. The van der Waals surface area contributed by atoms with Gasteiger partial charge in [0.2, 0.25) is 0 Å². The van der Waals surface area contributed by atoms with Crippen molar-refractivity contribution < 1.29 is 0 Å². The molecule has 1 aromatic heterocycles. The number of fused-ring (bicyclic) bond motifs is 1. The minimum absolute atomic E-state index is 0.0375. The maximum absolute atomic E-state index is 12.2. The van der Waals surface area contributed by atoms with E-state index < -0.39 is 0 Å². The lowest BCUT2D eigenvalue weighted by Gasteiger charge is -2.23. The Balaban J connectivity index is 2.08. The fourth-order valence-electron chi connectivity index (χ4n) is 3.04. The van der Waals surface area contributed by atoms with Gasteiger partial charge >= 0.3 is 5.69 Å². The van der Waals surface area contributed by atoms with E-state index >= 15 is 0 Å². The van der Waals surface area contributed by atoms with Crippen molar-refractivity contribution >= 4 is 11.0 Å². The van der Waals surface area contributed by atoms with Gasteiger partial charge in [0.05, 0.1) is 11.0 Å². The number of rotatable bonds is 3. The van der Waals surface area contributed by atoms with Gasteiger partial charge in [-0.15, -0.1) is 0 Å². The zero-order chi connectivity index (χ0) is 13.2. The number of nitrogens with zero attached hydrogens (tertiary/aromatic N) is 1. The Bertz CT molecular complexity index is 620. The van der Waals surface area contributed by atoms with Crippen molar-refractivity contribution in [1.29, 1.82) is 0 Å². The van der Waals surface area contributed by atoms with E-state index in [0.717, 1.165) is 49.8 Å². The van der Waals surface area contributed by atoms with Crippen LogP contribution in [-0.2, 0) is 6.42 Å². The molecular weight excluding hydrogens is 238 g/mol. The highest BCUT2D eigenvalue weighted by atomic mass is 16.1. The number of hydrogen-bond donors (Lipinski definition) is 2. The zero-order valence-electron chi connectivity index (χ0n) is 11.4. The monoisotopic (exact) mass is 259 g/mol. The Morgan fingerprint density at radius 3 is 2.84 bits per heavy atom. The maximum Gasteiger partial charge on any atom is 0.326 e. The molecule has 0 amide bonds. The van der Waals surface area contributed by atoms with E-state index in [9.17, 15) is 4.79 Å². The molecule has 102 valence electrons. The maximum atomic E-state index is 12.2. The number of hydrogen-bond acceptors (Lipinski definition) is 2. The van der Waals surface area contributed by atoms with Crippen LogP contribution in [0.1, 0.15) is 37.8 Å². The van der Waals surface area contributed by atoms with Gasteiger partial charge in [0.1, 0.15) is 0 Å². The highest BCUT2D eigenvalue weighted by molar-refractivity contribution is 5.76. The molecule has 4 heteroatoms. The molecule has 0 saturated carbocycles. The standard InChI is InChI=1S/C15H21N3O/c1-2-3-11-4-5-13-14(10-11)18(15(19)17-13)12-6-8-16-9-7-12/h4-5,10,12,16H,2-3,6-9H2,1H3,(H,17,19). The van der Waals surface area contributed by atoms with Crippen LogP contribution in [0.5, 0.6) is 0 Å². The number of imidazole rings is 1.